The number of fused-ring (bicyclic) bond motifs is 14. The molecule has 0 saturated heterocycles. The van der Waals surface area contributed by atoms with Gasteiger partial charge in [-0.2, -0.15) is 0 Å². The first-order valence-corrected chi connectivity index (χ1v) is 40.7. The van der Waals surface area contributed by atoms with Crippen molar-refractivity contribution in [3.05, 3.63) is 300 Å². The van der Waals surface area contributed by atoms with Gasteiger partial charge in [0.15, 0.2) is 0 Å². The van der Waals surface area contributed by atoms with Crippen LogP contribution in [0, 0.1) is 0 Å². The van der Waals surface area contributed by atoms with Crippen LogP contribution in [0.5, 0.6) is 0 Å². The number of anilines is 6. The Labute approximate surface area is 664 Å². The quantitative estimate of drug-likeness (QED) is 0.148. The molecule has 0 atom stereocenters. The average Bonchev–Trinajstić information content (AvgIpc) is 1.35. The van der Waals surface area contributed by atoms with Crippen molar-refractivity contribution in [3.63, 3.8) is 0 Å². The van der Waals surface area contributed by atoms with Crippen molar-refractivity contribution in [3.8, 4) is 39.3 Å². The monoisotopic (exact) mass is 1460 g/mol. The third kappa shape index (κ3) is 11.8. The molecule has 3 aromatic heterocycles. The first-order valence-electron chi connectivity index (χ1n) is 40.7. The minimum Gasteiger partial charge on any atom is -0.311 e. The molecule has 2 aliphatic rings. The van der Waals surface area contributed by atoms with Gasteiger partial charge in [-0.15, -0.1) is 0 Å². The molecule has 6 heteroatoms. The molecule has 0 amide bonds. The summed E-state index contributed by atoms with van der Waals surface area (Å²) in [6.45, 7) is 49.1. The lowest BCUT2D eigenvalue weighted by atomic mass is 9.33. The Bertz CT molecular complexity index is 6450. The summed E-state index contributed by atoms with van der Waals surface area (Å²) in [6.07, 6.45) is 0. The maximum absolute atomic E-state index is 2.72. The standard InChI is InChI=1S/C106H106BN5/c1-100(2,3)67-39-35-65(36-40-67)81-57-69(102(7,8)9)43-53-89(81)111-93-63-75(108-91-55-45-71(104(13,14)15)59-83(91)84-60-72(105(16,17)18)46-56-92(84)108)47-51-85(93)107-86-52-48-76(110-88-34-28-26-32-78(88)80-50-49-79-77-31-25-27-33-87(77)109(98(79)99(80)110)74-29-23-22-24-30-74)64-94(86)112(96-62-73(106(19,20)21)61-95(111)97(96)107)90-54-44-70(103(10,11)12)58-82(90)66-37-41-68(42-38-66)101(4,5)6/h22-64H,1-21H3. The zero-order chi connectivity index (χ0) is 78.6. The highest BCUT2D eigenvalue weighted by Gasteiger charge is 2.46. The molecule has 0 unspecified atom stereocenters. The lowest BCUT2D eigenvalue weighted by Gasteiger charge is -2.46. The fourth-order valence-electron chi connectivity index (χ4n) is 18.2. The van der Waals surface area contributed by atoms with Crippen molar-refractivity contribution in [2.45, 2.75) is 183 Å². The number of nitrogens with zero attached hydrogens (tertiary/aromatic N) is 5. The molecule has 2 aliphatic heterocycles. The number of hydrogen-bond acceptors (Lipinski definition) is 2. The van der Waals surface area contributed by atoms with Crippen molar-refractivity contribution in [1.82, 2.24) is 13.7 Å². The van der Waals surface area contributed by atoms with E-state index >= 15 is 0 Å². The Morgan fingerprint density at radius 3 is 0.955 bits per heavy atom. The highest BCUT2D eigenvalue weighted by Crippen LogP contribution is 2.53. The van der Waals surface area contributed by atoms with Crippen molar-refractivity contribution in [2.75, 3.05) is 9.80 Å². The highest BCUT2D eigenvalue weighted by atomic mass is 15.2. The molecule has 13 aromatic carbocycles. The van der Waals surface area contributed by atoms with E-state index in [0.717, 1.165) is 45.3 Å². The van der Waals surface area contributed by atoms with Crippen LogP contribution in [-0.4, -0.2) is 20.4 Å². The molecule has 558 valence electrons. The molecule has 0 aliphatic carbocycles. The Morgan fingerprint density at radius 2 is 0.554 bits per heavy atom. The molecular formula is C106H106BN5. The van der Waals surface area contributed by atoms with Gasteiger partial charge >= 0.3 is 0 Å². The molecule has 0 fully saturated rings. The van der Waals surface area contributed by atoms with E-state index in [9.17, 15) is 0 Å². The number of para-hydroxylation sites is 3. The molecule has 5 heterocycles. The molecule has 0 saturated carbocycles. The zero-order valence-corrected chi connectivity index (χ0v) is 69.6. The summed E-state index contributed by atoms with van der Waals surface area (Å²) in [7, 11) is 0. The van der Waals surface area contributed by atoms with Crippen LogP contribution in [0.1, 0.15) is 184 Å². The van der Waals surface area contributed by atoms with Crippen molar-refractivity contribution in [2.24, 2.45) is 0 Å². The molecule has 112 heavy (non-hydrogen) atoms. The Hall–Kier alpha value is -11.1. The summed E-state index contributed by atoms with van der Waals surface area (Å²) in [5, 5.41) is 7.42. The Morgan fingerprint density at radius 1 is 0.214 bits per heavy atom. The first kappa shape index (κ1) is 72.5. The fraction of sp³-hybridized carbons (Fsp3) is 0.264. The van der Waals surface area contributed by atoms with E-state index in [4.69, 9.17) is 0 Å². The molecule has 18 rings (SSSR count). The Kier molecular flexibility index (Phi) is 16.3. The highest BCUT2D eigenvalue weighted by molar-refractivity contribution is 7.00. The van der Waals surface area contributed by atoms with Crippen LogP contribution in [0.15, 0.2) is 261 Å². The van der Waals surface area contributed by atoms with Gasteiger partial charge in [0.1, 0.15) is 0 Å². The molecule has 5 nitrogen and oxygen atoms in total. The van der Waals surface area contributed by atoms with Crippen molar-refractivity contribution < 1.29 is 0 Å². The maximum Gasteiger partial charge on any atom is 0.252 e. The van der Waals surface area contributed by atoms with Gasteiger partial charge in [0, 0.05) is 83.3 Å². The summed E-state index contributed by atoms with van der Waals surface area (Å²) in [4.78, 5) is 5.43. The topological polar surface area (TPSA) is 21.3 Å². The molecule has 0 spiro atoms. The van der Waals surface area contributed by atoms with Gasteiger partial charge in [0.25, 0.3) is 6.71 Å². The fourth-order valence-corrected chi connectivity index (χ4v) is 18.2. The summed E-state index contributed by atoms with van der Waals surface area (Å²) in [5.41, 5.74) is 34.2. The zero-order valence-electron chi connectivity index (χ0n) is 69.6. The van der Waals surface area contributed by atoms with Crippen LogP contribution in [0.3, 0.4) is 0 Å². The van der Waals surface area contributed by atoms with E-state index in [1.165, 1.54) is 149 Å². The van der Waals surface area contributed by atoms with Crippen LogP contribution in [-0.2, 0) is 37.9 Å². The van der Waals surface area contributed by atoms with Crippen LogP contribution >= 0.6 is 0 Å². The van der Waals surface area contributed by atoms with Gasteiger partial charge in [0.2, 0.25) is 0 Å². The molecular weight excluding hydrogens is 1350 g/mol. The largest absolute Gasteiger partial charge is 0.311 e. The van der Waals surface area contributed by atoms with Gasteiger partial charge < -0.3 is 23.5 Å². The van der Waals surface area contributed by atoms with Gasteiger partial charge in [0.05, 0.1) is 44.5 Å². The van der Waals surface area contributed by atoms with Crippen LogP contribution in [0.2, 0.25) is 0 Å². The summed E-state index contributed by atoms with van der Waals surface area (Å²) in [6, 6.07) is 102. The maximum atomic E-state index is 2.72. The van der Waals surface area contributed by atoms with E-state index in [0.29, 0.717) is 0 Å². The third-order valence-electron chi connectivity index (χ3n) is 24.7. The summed E-state index contributed by atoms with van der Waals surface area (Å²) >= 11 is 0. The lowest BCUT2D eigenvalue weighted by molar-refractivity contribution is 0.589. The summed E-state index contributed by atoms with van der Waals surface area (Å²) in [5.74, 6) is 0. The van der Waals surface area contributed by atoms with Gasteiger partial charge in [-0.1, -0.05) is 297 Å². The van der Waals surface area contributed by atoms with Crippen LogP contribution in [0.4, 0.5) is 34.1 Å². The molecule has 0 radical (unpaired) electrons. The molecule has 0 N–H and O–H groups in total. The van der Waals surface area contributed by atoms with Crippen molar-refractivity contribution in [1.29, 1.82) is 0 Å². The summed E-state index contributed by atoms with van der Waals surface area (Å²) < 4.78 is 7.69. The number of benzene rings is 13. The minimum absolute atomic E-state index is 0.0287. The third-order valence-corrected chi connectivity index (χ3v) is 24.7. The number of hydrogen-bond donors (Lipinski definition) is 0. The van der Waals surface area contributed by atoms with E-state index in [-0.39, 0.29) is 44.6 Å². The lowest BCUT2D eigenvalue weighted by Crippen LogP contribution is -2.61. The van der Waals surface area contributed by atoms with Gasteiger partial charge in [-0.05, 0) is 214 Å². The van der Waals surface area contributed by atoms with Gasteiger partial charge in [-0.25, -0.2) is 0 Å². The number of aromatic nitrogens is 3. The second-order valence-corrected chi connectivity index (χ2v) is 39.6. The smallest absolute Gasteiger partial charge is 0.252 e. The number of rotatable bonds is 7. The van der Waals surface area contributed by atoms with Crippen LogP contribution < -0.4 is 26.2 Å². The molecule has 16 aromatic rings. The van der Waals surface area contributed by atoms with E-state index in [1.54, 1.807) is 0 Å². The predicted octanol–water partition coefficient (Wildman–Crippen LogP) is 27.5. The van der Waals surface area contributed by atoms with E-state index < -0.39 is 0 Å². The normalized spacial score (nSPS) is 13.7. The van der Waals surface area contributed by atoms with E-state index in [1.807, 2.05) is 0 Å². The predicted molar refractivity (Wildman–Crippen MR) is 485 cm³/mol. The van der Waals surface area contributed by atoms with Gasteiger partial charge in [-0.3, -0.25) is 0 Å². The van der Waals surface area contributed by atoms with E-state index in [2.05, 4.69) is 430 Å². The molecule has 0 bridgehead atoms. The van der Waals surface area contributed by atoms with Crippen LogP contribution in [0.25, 0.3) is 105 Å². The minimum atomic E-state index is -0.307. The Balaban J connectivity index is 0.993. The second-order valence-electron chi connectivity index (χ2n) is 39.6. The second kappa shape index (κ2) is 25.2. The first-order chi connectivity index (χ1) is 53.0. The SMILES string of the molecule is CC(C)(C)c1ccc(-c2cc(C(C)(C)C)ccc2N2c3cc(-n4c5ccc(C(C)(C)C)cc5c5cc(C(C)(C)C)ccc54)ccc3B3c4ccc(-n5c6ccccc6c6ccc7c8ccccc8n(-c8ccccc8)c7c65)cc4N(c4ccc(C(C)(C)C)cc4-c4ccc(C(C)(C)C)cc4)c4cc(C(C)(C)C)cc2c43)cc1. The van der Waals surface area contributed by atoms with Crippen molar-refractivity contribution >= 4 is 123 Å². The average molecular weight is 1460 g/mol.